The maximum Gasteiger partial charge on any atom is 0.418 e. The van der Waals surface area contributed by atoms with Crippen molar-refractivity contribution < 1.29 is 26.6 Å². The molecule has 2 atom stereocenters. The number of nitrogens with zero attached hydrogens (tertiary/aromatic N) is 4. The van der Waals surface area contributed by atoms with E-state index >= 15 is 0 Å². The first-order chi connectivity index (χ1) is 9.35. The number of carbonyl (C=O) groups excluding carboxylic acids is 1. The van der Waals surface area contributed by atoms with E-state index in [0.29, 0.717) is 18.0 Å². The predicted molar refractivity (Wildman–Crippen MR) is 61.3 cm³/mol. The number of carbonyl (C=O) groups is 1. The van der Waals surface area contributed by atoms with Gasteiger partial charge in [-0.15, -0.1) is 4.28 Å². The van der Waals surface area contributed by atoms with Crippen LogP contribution in [0.15, 0.2) is 4.52 Å². The molecule has 2 fully saturated rings. The van der Waals surface area contributed by atoms with Crippen LogP contribution >= 0.6 is 0 Å². The Morgan fingerprint density at radius 1 is 1.50 bits per heavy atom. The first-order valence-corrected chi connectivity index (χ1v) is 7.06. The first kappa shape index (κ1) is 13.1. The van der Waals surface area contributed by atoms with E-state index in [9.17, 15) is 13.2 Å². The molecule has 3 N–H and O–H groups in total. The molecule has 3 rings (SSSR count). The van der Waals surface area contributed by atoms with Crippen LogP contribution in [0.25, 0.3) is 0 Å². The molecule has 110 valence electrons. The SMILES string of the molecule is Nc1nc([C@@H]2CCN3C[C@@H]2N(OS(=O)(=O)O)C3=O)no1. The molecule has 2 aliphatic heterocycles. The third-order valence-corrected chi connectivity index (χ3v) is 3.65. The largest absolute Gasteiger partial charge is 0.418 e. The zero-order chi connectivity index (χ0) is 14.5. The van der Waals surface area contributed by atoms with Crippen LogP contribution in [-0.4, -0.2) is 58.2 Å². The predicted octanol–water partition coefficient (Wildman–Crippen LogP) is -1.02. The van der Waals surface area contributed by atoms with E-state index in [-0.39, 0.29) is 24.3 Å². The Bertz CT molecular complexity index is 644. The number of anilines is 1. The number of nitrogen functional groups attached to an aromatic ring is 1. The van der Waals surface area contributed by atoms with Gasteiger partial charge in [0, 0.05) is 19.0 Å². The van der Waals surface area contributed by atoms with E-state index in [1.54, 1.807) is 0 Å². The van der Waals surface area contributed by atoms with Gasteiger partial charge in [-0.05, 0) is 6.42 Å². The molecular weight excluding hydrogens is 294 g/mol. The lowest BCUT2D eigenvalue weighted by molar-refractivity contribution is -0.0379. The summed E-state index contributed by atoms with van der Waals surface area (Å²) in [4.78, 5) is 17.2. The molecule has 12 heteroatoms. The quantitative estimate of drug-likeness (QED) is 0.668. The smallest absolute Gasteiger partial charge is 0.351 e. The highest BCUT2D eigenvalue weighted by Gasteiger charge is 2.49. The highest BCUT2D eigenvalue weighted by Crippen LogP contribution is 2.36. The Morgan fingerprint density at radius 3 is 2.85 bits per heavy atom. The highest BCUT2D eigenvalue weighted by molar-refractivity contribution is 7.80. The summed E-state index contributed by atoms with van der Waals surface area (Å²) in [6, 6.07) is -1.39. The van der Waals surface area contributed by atoms with Gasteiger partial charge < -0.3 is 15.2 Å². The molecule has 0 saturated carbocycles. The van der Waals surface area contributed by atoms with Gasteiger partial charge in [0.1, 0.15) is 0 Å². The van der Waals surface area contributed by atoms with Crippen molar-refractivity contribution >= 4 is 22.4 Å². The van der Waals surface area contributed by atoms with E-state index in [2.05, 4.69) is 18.9 Å². The molecule has 0 unspecified atom stereocenters. The van der Waals surface area contributed by atoms with Crippen molar-refractivity contribution in [2.75, 3.05) is 18.8 Å². The normalized spacial score (nSPS) is 26.4. The van der Waals surface area contributed by atoms with Gasteiger partial charge in [-0.3, -0.25) is 4.55 Å². The molecular formula is C8H11N5O6S. The summed E-state index contributed by atoms with van der Waals surface area (Å²) in [6.07, 6.45) is 0.501. The maximum atomic E-state index is 11.9. The minimum absolute atomic E-state index is 0.117. The second-order valence-corrected chi connectivity index (χ2v) is 5.51. The summed E-state index contributed by atoms with van der Waals surface area (Å²) in [6.45, 7) is 0.632. The Balaban J connectivity index is 1.90. The molecule has 11 nitrogen and oxygen atoms in total. The van der Waals surface area contributed by atoms with Gasteiger partial charge in [0.25, 0.3) is 0 Å². The number of urea groups is 1. The van der Waals surface area contributed by atoms with Gasteiger partial charge in [0.05, 0.1) is 6.04 Å². The van der Waals surface area contributed by atoms with Crippen LogP contribution in [0, 0.1) is 0 Å². The Morgan fingerprint density at radius 2 is 2.25 bits per heavy atom. The third kappa shape index (κ3) is 2.17. The van der Waals surface area contributed by atoms with E-state index in [0.717, 1.165) is 0 Å². The molecule has 0 aromatic carbocycles. The van der Waals surface area contributed by atoms with E-state index < -0.39 is 22.5 Å². The summed E-state index contributed by atoms with van der Waals surface area (Å²) in [7, 11) is -4.79. The minimum Gasteiger partial charge on any atom is -0.351 e. The van der Waals surface area contributed by atoms with Crippen molar-refractivity contribution in [2.45, 2.75) is 18.4 Å². The van der Waals surface area contributed by atoms with E-state index in [1.165, 1.54) is 4.90 Å². The molecule has 0 spiro atoms. The number of hydrogen-bond donors (Lipinski definition) is 2. The number of piperidine rings is 1. The zero-order valence-electron chi connectivity index (χ0n) is 10.0. The van der Waals surface area contributed by atoms with E-state index in [1.807, 2.05) is 0 Å². The van der Waals surface area contributed by atoms with Gasteiger partial charge in [-0.25, -0.2) is 4.79 Å². The number of nitrogens with two attached hydrogens (primary N) is 1. The monoisotopic (exact) mass is 305 g/mol. The van der Waals surface area contributed by atoms with Crippen molar-refractivity contribution in [1.82, 2.24) is 20.1 Å². The molecule has 3 heterocycles. The fourth-order valence-electron chi connectivity index (χ4n) is 2.51. The Labute approximate surface area is 113 Å². The van der Waals surface area contributed by atoms with Crippen LogP contribution < -0.4 is 5.73 Å². The first-order valence-electron chi connectivity index (χ1n) is 5.69. The van der Waals surface area contributed by atoms with Crippen molar-refractivity contribution in [1.29, 1.82) is 0 Å². The maximum absolute atomic E-state index is 11.9. The zero-order valence-corrected chi connectivity index (χ0v) is 10.9. The topological polar surface area (TPSA) is 152 Å². The van der Waals surface area contributed by atoms with Gasteiger partial charge in [-0.2, -0.15) is 18.5 Å². The second kappa shape index (κ2) is 4.29. The number of amides is 2. The molecule has 2 saturated heterocycles. The second-order valence-electron chi connectivity index (χ2n) is 4.51. The lowest BCUT2D eigenvalue weighted by Gasteiger charge is -2.27. The van der Waals surface area contributed by atoms with E-state index in [4.69, 9.17) is 10.3 Å². The average molecular weight is 305 g/mol. The summed E-state index contributed by atoms with van der Waals surface area (Å²) in [5.74, 6) is -0.119. The van der Waals surface area contributed by atoms with Crippen molar-refractivity contribution in [3.63, 3.8) is 0 Å². The van der Waals surface area contributed by atoms with Crippen LogP contribution in [0.3, 0.4) is 0 Å². The lowest BCUT2D eigenvalue weighted by atomic mass is 9.93. The van der Waals surface area contributed by atoms with Gasteiger partial charge in [-0.1, -0.05) is 5.16 Å². The highest BCUT2D eigenvalue weighted by atomic mass is 32.3. The van der Waals surface area contributed by atoms with Crippen LogP contribution in [0.5, 0.6) is 0 Å². The van der Waals surface area contributed by atoms with Crippen molar-refractivity contribution in [2.24, 2.45) is 0 Å². The Hall–Kier alpha value is -1.92. The Kier molecular flexibility index (Phi) is 2.81. The molecule has 1 aromatic heterocycles. The van der Waals surface area contributed by atoms with Crippen molar-refractivity contribution in [3.8, 4) is 0 Å². The molecule has 0 radical (unpaired) electrons. The fraction of sp³-hybridized carbons (Fsp3) is 0.625. The molecule has 20 heavy (non-hydrogen) atoms. The third-order valence-electron chi connectivity index (χ3n) is 3.31. The number of aromatic nitrogens is 2. The van der Waals surface area contributed by atoms with Gasteiger partial charge in [0.2, 0.25) is 0 Å². The summed E-state index contributed by atoms with van der Waals surface area (Å²) in [5.41, 5.74) is 5.35. The number of hydroxylamine groups is 2. The van der Waals surface area contributed by atoms with Crippen LogP contribution in [0.2, 0.25) is 0 Å². The number of hydrogen-bond acceptors (Lipinski definition) is 8. The van der Waals surface area contributed by atoms with Gasteiger partial charge in [0.15, 0.2) is 5.82 Å². The standard InChI is InChI=1S/C8H11N5O6S/c9-7-10-6(11-18-7)4-1-2-12-3-5(4)13(8(12)14)19-20(15,16)17/h4-5H,1-3H2,(H2,9,10,11)(H,15,16,17)/t4-,5+/m1/s1. The fourth-order valence-corrected chi connectivity index (χ4v) is 2.89. The van der Waals surface area contributed by atoms with Crippen LogP contribution in [0.4, 0.5) is 10.8 Å². The molecule has 2 bridgehead atoms. The van der Waals surface area contributed by atoms with Crippen molar-refractivity contribution in [3.05, 3.63) is 5.82 Å². The molecule has 0 aliphatic carbocycles. The van der Waals surface area contributed by atoms with Crippen LogP contribution in [-0.2, 0) is 14.7 Å². The summed E-state index contributed by atoms with van der Waals surface area (Å²) >= 11 is 0. The summed E-state index contributed by atoms with van der Waals surface area (Å²) in [5, 5.41) is 4.30. The number of rotatable bonds is 3. The average Bonchev–Trinajstić information content (AvgIpc) is 2.88. The molecule has 2 aliphatic rings. The lowest BCUT2D eigenvalue weighted by Crippen LogP contribution is -2.40. The minimum atomic E-state index is -4.79. The van der Waals surface area contributed by atoms with Gasteiger partial charge >= 0.3 is 22.4 Å². The number of fused-ring (bicyclic) bond motifs is 2. The molecule has 1 aromatic rings. The summed E-state index contributed by atoms with van der Waals surface area (Å²) < 4.78 is 39.4. The van der Waals surface area contributed by atoms with Crippen LogP contribution in [0.1, 0.15) is 18.2 Å². The molecule has 2 amide bonds.